The molecule has 0 saturated heterocycles. The maximum absolute atomic E-state index is 13.0. The van der Waals surface area contributed by atoms with E-state index >= 15 is 0 Å². The van der Waals surface area contributed by atoms with Crippen LogP contribution in [-0.2, 0) is 12.8 Å². The summed E-state index contributed by atoms with van der Waals surface area (Å²) in [7, 11) is 0. The van der Waals surface area contributed by atoms with E-state index < -0.39 is 24.2 Å². The lowest BCUT2D eigenvalue weighted by Gasteiger charge is -2.13. The van der Waals surface area contributed by atoms with Crippen LogP contribution in [0.15, 0.2) is 18.2 Å². The molecule has 4 nitrogen and oxygen atoms in total. The molecule has 0 atom stereocenters. The molecule has 1 aromatic carbocycles. The molecular weight excluding hydrogens is 259 g/mol. The lowest BCUT2D eigenvalue weighted by molar-refractivity contribution is -0.143. The summed E-state index contributed by atoms with van der Waals surface area (Å²) >= 11 is 0. The number of aromatic nitrogens is 3. The highest BCUT2D eigenvalue weighted by Crippen LogP contribution is 2.33. The van der Waals surface area contributed by atoms with Gasteiger partial charge in [-0.2, -0.15) is 13.2 Å². The van der Waals surface area contributed by atoms with Gasteiger partial charge in [-0.15, -0.1) is 5.10 Å². The molecule has 1 N–H and O–H groups in total. The van der Waals surface area contributed by atoms with Crippen LogP contribution < -0.4 is 0 Å². The van der Waals surface area contributed by atoms with E-state index in [4.69, 9.17) is 5.11 Å². The van der Waals surface area contributed by atoms with Crippen LogP contribution >= 0.6 is 0 Å². The fourth-order valence-electron chi connectivity index (χ4n) is 1.84. The van der Waals surface area contributed by atoms with Crippen LogP contribution in [0.3, 0.4) is 0 Å². The van der Waals surface area contributed by atoms with Gasteiger partial charge in [0.1, 0.15) is 5.69 Å². The van der Waals surface area contributed by atoms with Crippen molar-refractivity contribution in [3.8, 4) is 5.69 Å². The SMILES string of the molecule is Cc1cccc(-n2nnc(CO)c2C(F)(F)F)c1C. The molecule has 0 aliphatic carbocycles. The number of rotatable bonds is 2. The summed E-state index contributed by atoms with van der Waals surface area (Å²) in [5, 5.41) is 15.9. The van der Waals surface area contributed by atoms with Gasteiger partial charge in [0.05, 0.1) is 12.3 Å². The summed E-state index contributed by atoms with van der Waals surface area (Å²) in [6.07, 6.45) is -4.63. The molecule has 0 aliphatic rings. The number of aliphatic hydroxyl groups excluding tert-OH is 1. The lowest BCUT2D eigenvalue weighted by Crippen LogP contribution is -2.16. The van der Waals surface area contributed by atoms with Crippen LogP contribution in [0.5, 0.6) is 0 Å². The fraction of sp³-hybridized carbons (Fsp3) is 0.333. The van der Waals surface area contributed by atoms with Crippen LogP contribution in [0, 0.1) is 13.8 Å². The van der Waals surface area contributed by atoms with E-state index in [0.29, 0.717) is 11.3 Å². The summed E-state index contributed by atoms with van der Waals surface area (Å²) in [5.74, 6) is 0. The van der Waals surface area contributed by atoms with Gasteiger partial charge in [0.15, 0.2) is 5.69 Å². The third kappa shape index (κ3) is 2.33. The standard InChI is InChI=1S/C12H12F3N3O/c1-7-4-3-5-10(8(7)2)18-11(12(13,14)15)9(6-19)16-17-18/h3-5,19H,6H2,1-2H3. The predicted molar refractivity (Wildman–Crippen MR) is 61.8 cm³/mol. The van der Waals surface area contributed by atoms with Crippen molar-refractivity contribution in [3.63, 3.8) is 0 Å². The Labute approximate surface area is 107 Å². The zero-order valence-electron chi connectivity index (χ0n) is 10.4. The molecule has 0 saturated carbocycles. The van der Waals surface area contributed by atoms with E-state index in [-0.39, 0.29) is 0 Å². The highest BCUT2D eigenvalue weighted by atomic mass is 19.4. The largest absolute Gasteiger partial charge is 0.435 e. The minimum Gasteiger partial charge on any atom is -0.390 e. The Kier molecular flexibility index (Phi) is 3.32. The molecule has 0 spiro atoms. The molecule has 0 radical (unpaired) electrons. The summed E-state index contributed by atoms with van der Waals surface area (Å²) in [6.45, 7) is 2.71. The Balaban J connectivity index is 2.70. The van der Waals surface area contributed by atoms with Gasteiger partial charge in [-0.3, -0.25) is 0 Å². The van der Waals surface area contributed by atoms with E-state index in [1.165, 1.54) is 6.07 Å². The smallest absolute Gasteiger partial charge is 0.390 e. The average molecular weight is 271 g/mol. The Bertz CT molecular complexity index is 605. The number of aliphatic hydroxyl groups is 1. The van der Waals surface area contributed by atoms with Crippen LogP contribution in [0.25, 0.3) is 5.69 Å². The van der Waals surface area contributed by atoms with E-state index in [2.05, 4.69) is 10.3 Å². The molecule has 1 heterocycles. The number of aryl methyl sites for hydroxylation is 1. The van der Waals surface area contributed by atoms with Gasteiger partial charge in [-0.25, -0.2) is 4.68 Å². The van der Waals surface area contributed by atoms with Crippen molar-refractivity contribution in [1.29, 1.82) is 0 Å². The molecule has 0 aliphatic heterocycles. The Morgan fingerprint density at radius 2 is 1.95 bits per heavy atom. The number of benzene rings is 1. The minimum absolute atomic E-state index is 0.305. The van der Waals surface area contributed by atoms with Gasteiger partial charge in [0.2, 0.25) is 0 Å². The van der Waals surface area contributed by atoms with Crippen molar-refractivity contribution < 1.29 is 18.3 Å². The lowest BCUT2D eigenvalue weighted by atomic mass is 10.1. The van der Waals surface area contributed by atoms with Crippen LogP contribution in [-0.4, -0.2) is 20.1 Å². The van der Waals surface area contributed by atoms with Gasteiger partial charge in [-0.1, -0.05) is 17.3 Å². The molecule has 0 bridgehead atoms. The fourth-order valence-corrected chi connectivity index (χ4v) is 1.84. The maximum Gasteiger partial charge on any atom is 0.435 e. The average Bonchev–Trinajstić information content (AvgIpc) is 2.76. The van der Waals surface area contributed by atoms with E-state index in [9.17, 15) is 13.2 Å². The van der Waals surface area contributed by atoms with E-state index in [0.717, 1.165) is 10.2 Å². The molecule has 102 valence electrons. The van der Waals surface area contributed by atoms with Gasteiger partial charge >= 0.3 is 6.18 Å². The first-order valence-corrected chi connectivity index (χ1v) is 5.55. The molecule has 0 fully saturated rings. The topological polar surface area (TPSA) is 50.9 Å². The van der Waals surface area contributed by atoms with E-state index in [1.54, 1.807) is 26.0 Å². The predicted octanol–water partition coefficient (Wildman–Crippen LogP) is 2.40. The second kappa shape index (κ2) is 4.65. The van der Waals surface area contributed by atoms with Crippen molar-refractivity contribution in [3.05, 3.63) is 40.7 Å². The van der Waals surface area contributed by atoms with Crippen LogP contribution in [0.1, 0.15) is 22.5 Å². The summed E-state index contributed by atoms with van der Waals surface area (Å²) in [4.78, 5) is 0. The number of hydrogen-bond donors (Lipinski definition) is 1. The van der Waals surface area contributed by atoms with Crippen molar-refractivity contribution in [2.24, 2.45) is 0 Å². The first-order chi connectivity index (χ1) is 8.86. The molecule has 0 amide bonds. The zero-order valence-corrected chi connectivity index (χ0v) is 10.4. The molecule has 2 aromatic rings. The van der Waals surface area contributed by atoms with Gasteiger partial charge in [-0.05, 0) is 31.0 Å². The quantitative estimate of drug-likeness (QED) is 0.912. The molecular formula is C12H12F3N3O. The van der Waals surface area contributed by atoms with Gasteiger partial charge in [0.25, 0.3) is 0 Å². The minimum atomic E-state index is -4.63. The second-order valence-corrected chi connectivity index (χ2v) is 4.17. The third-order valence-electron chi connectivity index (χ3n) is 2.96. The maximum atomic E-state index is 13.0. The summed E-state index contributed by atoms with van der Waals surface area (Å²) in [6, 6.07) is 4.99. The highest BCUT2D eigenvalue weighted by molar-refractivity contribution is 5.45. The Morgan fingerprint density at radius 1 is 1.26 bits per heavy atom. The van der Waals surface area contributed by atoms with Crippen molar-refractivity contribution in [1.82, 2.24) is 15.0 Å². The van der Waals surface area contributed by atoms with Crippen molar-refractivity contribution in [2.75, 3.05) is 0 Å². The number of halogens is 3. The summed E-state index contributed by atoms with van der Waals surface area (Å²) in [5.41, 5.74) is 0.325. The molecule has 1 aromatic heterocycles. The van der Waals surface area contributed by atoms with Crippen molar-refractivity contribution in [2.45, 2.75) is 26.6 Å². The molecule has 7 heteroatoms. The Morgan fingerprint density at radius 3 is 2.53 bits per heavy atom. The van der Waals surface area contributed by atoms with Crippen molar-refractivity contribution >= 4 is 0 Å². The first-order valence-electron chi connectivity index (χ1n) is 5.55. The number of hydrogen-bond acceptors (Lipinski definition) is 3. The first kappa shape index (κ1) is 13.5. The molecule has 0 unspecified atom stereocenters. The molecule has 2 rings (SSSR count). The zero-order chi connectivity index (χ0) is 14.2. The molecule has 19 heavy (non-hydrogen) atoms. The Hall–Kier alpha value is -1.89. The second-order valence-electron chi connectivity index (χ2n) is 4.17. The van der Waals surface area contributed by atoms with Crippen LogP contribution in [0.4, 0.5) is 13.2 Å². The summed E-state index contributed by atoms with van der Waals surface area (Å²) < 4.78 is 39.8. The van der Waals surface area contributed by atoms with Gasteiger partial charge in [0, 0.05) is 0 Å². The monoisotopic (exact) mass is 271 g/mol. The van der Waals surface area contributed by atoms with Crippen LogP contribution in [0.2, 0.25) is 0 Å². The highest BCUT2D eigenvalue weighted by Gasteiger charge is 2.39. The number of nitrogens with zero attached hydrogens (tertiary/aromatic N) is 3. The number of alkyl halides is 3. The normalized spacial score (nSPS) is 11.9. The third-order valence-corrected chi connectivity index (χ3v) is 2.96. The van der Waals surface area contributed by atoms with E-state index in [1.807, 2.05) is 0 Å². The van der Waals surface area contributed by atoms with Gasteiger partial charge < -0.3 is 5.11 Å².